The van der Waals surface area contributed by atoms with Crippen molar-refractivity contribution in [3.05, 3.63) is 29.8 Å². The van der Waals surface area contributed by atoms with Crippen LogP contribution in [-0.4, -0.2) is 42.7 Å². The molecule has 1 aromatic carbocycles. The predicted octanol–water partition coefficient (Wildman–Crippen LogP) is 1.71. The maximum absolute atomic E-state index is 11.9. The van der Waals surface area contributed by atoms with Crippen molar-refractivity contribution in [3.8, 4) is 5.75 Å². The van der Waals surface area contributed by atoms with Gasteiger partial charge >= 0.3 is 0 Å². The molecular weight excluding hydrogens is 320 g/mol. The van der Waals surface area contributed by atoms with E-state index in [0.29, 0.717) is 5.75 Å². The molecule has 136 valence electrons. The molecule has 2 saturated carbocycles. The topological polar surface area (TPSA) is 76.7 Å². The number of rotatable bonds is 8. The lowest BCUT2D eigenvalue weighted by Gasteiger charge is -2.36. The van der Waals surface area contributed by atoms with Crippen molar-refractivity contribution in [1.29, 1.82) is 0 Å². The van der Waals surface area contributed by atoms with Crippen molar-refractivity contribution in [2.45, 2.75) is 57.2 Å². The van der Waals surface area contributed by atoms with E-state index >= 15 is 0 Å². The highest BCUT2D eigenvalue weighted by molar-refractivity contribution is 5.79. The number of nitrogens with one attached hydrogen (secondary N) is 2. The molecule has 6 nitrogen and oxygen atoms in total. The summed E-state index contributed by atoms with van der Waals surface area (Å²) in [7, 11) is 0. The van der Waals surface area contributed by atoms with Crippen molar-refractivity contribution in [1.82, 2.24) is 10.6 Å². The molecule has 3 rings (SSSR count). The van der Waals surface area contributed by atoms with E-state index in [1.165, 1.54) is 0 Å². The average Bonchev–Trinajstić information content (AvgIpc) is 3.28. The van der Waals surface area contributed by atoms with Gasteiger partial charge in [0.15, 0.2) is 6.61 Å². The highest BCUT2D eigenvalue weighted by Gasteiger charge is 2.39. The second-order valence-corrected chi connectivity index (χ2v) is 7.34. The normalized spacial score (nSPS) is 23.3. The summed E-state index contributed by atoms with van der Waals surface area (Å²) in [6, 6.07) is 7.80. The molecule has 0 aromatic heterocycles. The summed E-state index contributed by atoms with van der Waals surface area (Å²) in [5.41, 5.74) is 1.07. The van der Waals surface area contributed by atoms with Crippen LogP contribution in [0.2, 0.25) is 0 Å². The van der Waals surface area contributed by atoms with E-state index in [0.717, 1.165) is 31.2 Å². The third kappa shape index (κ3) is 5.46. The van der Waals surface area contributed by atoms with Gasteiger partial charge in [0.2, 0.25) is 5.91 Å². The highest BCUT2D eigenvalue weighted by atomic mass is 16.5. The second-order valence-electron chi connectivity index (χ2n) is 7.34. The van der Waals surface area contributed by atoms with E-state index in [9.17, 15) is 9.59 Å². The molecule has 0 atom stereocenters. The molecule has 25 heavy (non-hydrogen) atoms. The first-order chi connectivity index (χ1) is 11.9. The minimum Gasteiger partial charge on any atom is -0.484 e. The first-order valence-corrected chi connectivity index (χ1v) is 8.84. The molecule has 2 aliphatic carbocycles. The van der Waals surface area contributed by atoms with Gasteiger partial charge in [-0.05, 0) is 51.7 Å². The first-order valence-electron chi connectivity index (χ1n) is 8.84. The zero-order chi connectivity index (χ0) is 17.9. The van der Waals surface area contributed by atoms with E-state index in [4.69, 9.17) is 9.47 Å². The minimum atomic E-state index is -0.139. The van der Waals surface area contributed by atoms with Crippen LogP contribution in [-0.2, 0) is 14.3 Å². The van der Waals surface area contributed by atoms with Crippen LogP contribution in [0.15, 0.2) is 24.3 Å². The fraction of sp³-hybridized carbons (Fsp3) is 0.579. The van der Waals surface area contributed by atoms with Crippen LogP contribution >= 0.6 is 0 Å². The lowest BCUT2D eigenvalue weighted by Crippen LogP contribution is -2.55. The summed E-state index contributed by atoms with van der Waals surface area (Å²) < 4.78 is 11.0. The molecule has 2 amide bonds. The Balaban J connectivity index is 1.27. The molecule has 2 N–H and O–H groups in total. The maximum atomic E-state index is 11.9. The smallest absolute Gasteiger partial charge is 0.258 e. The van der Waals surface area contributed by atoms with E-state index in [1.807, 2.05) is 38.1 Å². The molecule has 0 heterocycles. The quantitative estimate of drug-likeness (QED) is 0.751. The summed E-state index contributed by atoms with van der Waals surface area (Å²) in [6.07, 6.45) is 3.56. The van der Waals surface area contributed by atoms with Gasteiger partial charge in [-0.15, -0.1) is 0 Å². The number of hydrogen-bond donors (Lipinski definition) is 2. The van der Waals surface area contributed by atoms with Crippen molar-refractivity contribution in [3.63, 3.8) is 0 Å². The number of hydrogen-bond acceptors (Lipinski definition) is 4. The molecular formula is C19H26N2O4. The van der Waals surface area contributed by atoms with Gasteiger partial charge in [0, 0.05) is 12.1 Å². The monoisotopic (exact) mass is 346 g/mol. The SMILES string of the molecule is Cc1ccc(OCC(=O)NC2CC(NC(=O)COC3(C)CC3)C2)cc1. The largest absolute Gasteiger partial charge is 0.484 e. The van der Waals surface area contributed by atoms with Crippen molar-refractivity contribution in [2.24, 2.45) is 0 Å². The van der Waals surface area contributed by atoms with Crippen LogP contribution in [0.3, 0.4) is 0 Å². The fourth-order valence-corrected chi connectivity index (χ4v) is 2.74. The Labute approximate surface area is 148 Å². The van der Waals surface area contributed by atoms with E-state index in [2.05, 4.69) is 10.6 Å². The van der Waals surface area contributed by atoms with Crippen molar-refractivity contribution < 1.29 is 19.1 Å². The summed E-state index contributed by atoms with van der Waals surface area (Å²) >= 11 is 0. The molecule has 0 aliphatic heterocycles. The van der Waals surface area contributed by atoms with Crippen LogP contribution in [0, 0.1) is 6.92 Å². The predicted molar refractivity (Wildman–Crippen MR) is 93.4 cm³/mol. The van der Waals surface area contributed by atoms with Crippen molar-refractivity contribution >= 4 is 11.8 Å². The Bertz CT molecular complexity index is 619. The van der Waals surface area contributed by atoms with Gasteiger partial charge in [-0.1, -0.05) is 17.7 Å². The van der Waals surface area contributed by atoms with Gasteiger partial charge in [-0.25, -0.2) is 0 Å². The van der Waals surface area contributed by atoms with Crippen molar-refractivity contribution in [2.75, 3.05) is 13.2 Å². The van der Waals surface area contributed by atoms with Gasteiger partial charge in [-0.2, -0.15) is 0 Å². The summed E-state index contributed by atoms with van der Waals surface area (Å²) in [5, 5.41) is 5.86. The van der Waals surface area contributed by atoms with Crippen LogP contribution < -0.4 is 15.4 Å². The number of carbonyl (C=O) groups excluding carboxylic acids is 2. The van der Waals surface area contributed by atoms with Gasteiger partial charge in [0.1, 0.15) is 12.4 Å². The minimum absolute atomic E-state index is 0.00299. The molecule has 1 aromatic rings. The number of ether oxygens (including phenoxy) is 2. The third-order valence-electron chi connectivity index (χ3n) is 4.77. The Morgan fingerprint density at radius 1 is 1.04 bits per heavy atom. The Morgan fingerprint density at radius 2 is 1.60 bits per heavy atom. The maximum Gasteiger partial charge on any atom is 0.258 e. The van der Waals surface area contributed by atoms with E-state index in [-0.39, 0.29) is 42.7 Å². The Hall–Kier alpha value is -2.08. The van der Waals surface area contributed by atoms with Crippen LogP contribution in [0.25, 0.3) is 0 Å². The Morgan fingerprint density at radius 3 is 2.16 bits per heavy atom. The lowest BCUT2D eigenvalue weighted by atomic mass is 9.86. The van der Waals surface area contributed by atoms with Crippen LogP contribution in [0.1, 0.15) is 38.2 Å². The molecule has 0 bridgehead atoms. The zero-order valence-corrected chi connectivity index (χ0v) is 14.8. The number of carbonyl (C=O) groups is 2. The zero-order valence-electron chi connectivity index (χ0n) is 14.8. The van der Waals surface area contributed by atoms with Crippen LogP contribution in [0.4, 0.5) is 0 Å². The lowest BCUT2D eigenvalue weighted by molar-refractivity contribution is -0.129. The molecule has 0 saturated heterocycles. The summed E-state index contributed by atoms with van der Waals surface area (Å²) in [6.45, 7) is 4.14. The van der Waals surface area contributed by atoms with Gasteiger partial charge in [-0.3, -0.25) is 9.59 Å². The standard InChI is InChI=1S/C19H26N2O4/c1-13-3-5-16(6-4-13)24-11-17(22)20-14-9-15(10-14)21-18(23)12-25-19(2)7-8-19/h3-6,14-15H,7-12H2,1-2H3,(H,20,22)(H,21,23). The van der Waals surface area contributed by atoms with E-state index in [1.54, 1.807) is 0 Å². The number of aryl methyl sites for hydroxylation is 1. The van der Waals surface area contributed by atoms with E-state index < -0.39 is 0 Å². The average molecular weight is 346 g/mol. The molecule has 0 radical (unpaired) electrons. The molecule has 2 fully saturated rings. The Kier molecular flexibility index (Phi) is 5.27. The first kappa shape index (κ1) is 17.7. The highest BCUT2D eigenvalue weighted by Crippen LogP contribution is 2.38. The second kappa shape index (κ2) is 7.44. The molecule has 6 heteroatoms. The van der Waals surface area contributed by atoms with Gasteiger partial charge in [0.05, 0.1) is 5.60 Å². The molecule has 0 spiro atoms. The van der Waals surface area contributed by atoms with Crippen LogP contribution in [0.5, 0.6) is 5.75 Å². The number of amides is 2. The number of benzene rings is 1. The fourth-order valence-electron chi connectivity index (χ4n) is 2.74. The third-order valence-corrected chi connectivity index (χ3v) is 4.77. The summed E-state index contributed by atoms with van der Waals surface area (Å²) in [4.78, 5) is 23.7. The van der Waals surface area contributed by atoms with Gasteiger partial charge < -0.3 is 20.1 Å². The molecule has 2 aliphatic rings. The molecule has 0 unspecified atom stereocenters. The van der Waals surface area contributed by atoms with Gasteiger partial charge in [0.25, 0.3) is 5.91 Å². The summed E-state index contributed by atoms with van der Waals surface area (Å²) in [5.74, 6) is 0.467.